The highest BCUT2D eigenvalue weighted by Crippen LogP contribution is 2.19. The molecule has 34 heavy (non-hydrogen) atoms. The van der Waals surface area contributed by atoms with Crippen molar-refractivity contribution >= 4 is 34.6 Å². The minimum absolute atomic E-state index is 0.0561. The number of rotatable bonds is 12. The first-order valence-electron chi connectivity index (χ1n) is 10.7. The normalized spacial score (nSPS) is 14.8. The van der Waals surface area contributed by atoms with Crippen molar-refractivity contribution in [1.29, 1.82) is 0 Å². The van der Waals surface area contributed by atoms with Gasteiger partial charge in [-0.2, -0.15) is 0 Å². The lowest BCUT2D eigenvalue weighted by molar-refractivity contribution is -0.143. The number of hydrogen-bond donors (Lipinski definition) is 8. The van der Waals surface area contributed by atoms with E-state index in [4.69, 9.17) is 15.9 Å². The van der Waals surface area contributed by atoms with Crippen LogP contribution in [0.1, 0.15) is 19.4 Å². The molecule has 0 aliphatic carbocycles. The molecule has 3 amide bonds. The molecule has 0 bridgehead atoms. The average Bonchev–Trinajstić information content (AvgIpc) is 3.22. The van der Waals surface area contributed by atoms with Crippen LogP contribution < -0.4 is 21.7 Å². The number of aliphatic carboxylic acids is 1. The lowest BCUT2D eigenvalue weighted by Crippen LogP contribution is -2.59. The van der Waals surface area contributed by atoms with E-state index in [1.165, 1.54) is 0 Å². The van der Waals surface area contributed by atoms with Gasteiger partial charge >= 0.3 is 5.97 Å². The minimum Gasteiger partial charge on any atom is -0.480 e. The van der Waals surface area contributed by atoms with Crippen molar-refractivity contribution < 1.29 is 34.5 Å². The van der Waals surface area contributed by atoms with Crippen molar-refractivity contribution in [3.8, 4) is 0 Å². The molecule has 0 saturated heterocycles. The van der Waals surface area contributed by atoms with Gasteiger partial charge in [-0.25, -0.2) is 4.79 Å². The van der Waals surface area contributed by atoms with Crippen LogP contribution in [0.2, 0.25) is 0 Å². The van der Waals surface area contributed by atoms with Gasteiger partial charge in [0.1, 0.15) is 18.1 Å². The van der Waals surface area contributed by atoms with Crippen LogP contribution in [0.15, 0.2) is 30.5 Å². The van der Waals surface area contributed by atoms with Crippen LogP contribution in [0, 0.1) is 5.92 Å². The summed E-state index contributed by atoms with van der Waals surface area (Å²) in [5.41, 5.74) is 7.47. The van der Waals surface area contributed by atoms with Gasteiger partial charge in [0, 0.05) is 23.5 Å². The number of benzene rings is 1. The minimum atomic E-state index is -1.61. The van der Waals surface area contributed by atoms with Crippen LogP contribution in [-0.2, 0) is 25.6 Å². The van der Waals surface area contributed by atoms with E-state index in [9.17, 15) is 24.3 Å². The molecule has 2 aromatic rings. The zero-order chi connectivity index (χ0) is 25.4. The number of nitrogens with two attached hydrogens (primary N) is 1. The number of carbonyl (C=O) groups excluding carboxylic acids is 3. The van der Waals surface area contributed by atoms with Crippen LogP contribution in [0.25, 0.3) is 10.9 Å². The maximum atomic E-state index is 13.1. The first kappa shape index (κ1) is 26.8. The molecule has 186 valence electrons. The van der Waals surface area contributed by atoms with E-state index in [0.29, 0.717) is 0 Å². The van der Waals surface area contributed by atoms with Crippen LogP contribution in [-0.4, -0.2) is 81.4 Å². The fourth-order valence-electron chi connectivity index (χ4n) is 3.22. The lowest BCUT2D eigenvalue weighted by atomic mass is 10.0. The molecule has 12 nitrogen and oxygen atoms in total. The number of aliphatic hydroxyl groups excluding tert-OH is 2. The quantitative estimate of drug-likeness (QED) is 0.175. The second-order valence-corrected chi connectivity index (χ2v) is 8.22. The first-order valence-corrected chi connectivity index (χ1v) is 10.7. The number of carboxylic acid groups (broad SMARTS) is 1. The SMILES string of the molecule is CC(C)C(N)C(=O)NC(Cc1c[nH]c2ccccc12)C(=O)NC(CO)C(=O)NC(CO)C(=O)O. The van der Waals surface area contributed by atoms with Gasteiger partial charge in [-0.3, -0.25) is 14.4 Å². The monoisotopic (exact) mass is 477 g/mol. The molecule has 4 atom stereocenters. The zero-order valence-corrected chi connectivity index (χ0v) is 18.9. The number of hydrogen-bond acceptors (Lipinski definition) is 7. The third kappa shape index (κ3) is 6.76. The highest BCUT2D eigenvalue weighted by molar-refractivity contribution is 5.95. The molecule has 4 unspecified atom stereocenters. The number of nitrogens with one attached hydrogen (secondary N) is 4. The number of aromatic amines is 1. The van der Waals surface area contributed by atoms with E-state index in [-0.39, 0.29) is 12.3 Å². The van der Waals surface area contributed by atoms with Crippen LogP contribution in [0.3, 0.4) is 0 Å². The Kier molecular flexibility index (Phi) is 9.54. The zero-order valence-electron chi connectivity index (χ0n) is 18.9. The molecule has 1 heterocycles. The molecule has 0 fully saturated rings. The van der Waals surface area contributed by atoms with Gasteiger partial charge < -0.3 is 42.0 Å². The molecule has 0 saturated carbocycles. The topological polar surface area (TPSA) is 207 Å². The summed E-state index contributed by atoms with van der Waals surface area (Å²) in [5, 5.41) is 35.5. The molecule has 0 aliphatic rings. The molecular weight excluding hydrogens is 446 g/mol. The number of H-pyrrole nitrogens is 1. The van der Waals surface area contributed by atoms with Gasteiger partial charge in [0.15, 0.2) is 0 Å². The molecule has 12 heteroatoms. The van der Waals surface area contributed by atoms with E-state index in [0.717, 1.165) is 16.5 Å². The van der Waals surface area contributed by atoms with Gasteiger partial charge in [0.05, 0.1) is 19.3 Å². The van der Waals surface area contributed by atoms with Gasteiger partial charge in [-0.1, -0.05) is 32.0 Å². The fraction of sp³-hybridized carbons (Fsp3) is 0.455. The Hall–Kier alpha value is -3.48. The highest BCUT2D eigenvalue weighted by Gasteiger charge is 2.31. The highest BCUT2D eigenvalue weighted by atomic mass is 16.4. The van der Waals surface area contributed by atoms with E-state index < -0.39 is 61.1 Å². The molecule has 1 aromatic heterocycles. The number of para-hydroxylation sites is 1. The third-order valence-electron chi connectivity index (χ3n) is 5.37. The Labute approximate surface area is 195 Å². The number of carboxylic acids is 1. The summed E-state index contributed by atoms with van der Waals surface area (Å²) in [4.78, 5) is 52.1. The van der Waals surface area contributed by atoms with Crippen molar-refractivity contribution in [3.05, 3.63) is 36.0 Å². The number of amides is 3. The fourth-order valence-corrected chi connectivity index (χ4v) is 3.22. The summed E-state index contributed by atoms with van der Waals surface area (Å²) < 4.78 is 0. The number of aromatic nitrogens is 1. The number of fused-ring (bicyclic) bond motifs is 1. The van der Waals surface area contributed by atoms with Gasteiger partial charge in [0.25, 0.3) is 0 Å². The van der Waals surface area contributed by atoms with E-state index in [1.54, 1.807) is 20.0 Å². The molecule has 0 spiro atoms. The summed E-state index contributed by atoms with van der Waals surface area (Å²) >= 11 is 0. The largest absolute Gasteiger partial charge is 0.480 e. The average molecular weight is 478 g/mol. The van der Waals surface area contributed by atoms with Gasteiger partial charge in [-0.15, -0.1) is 0 Å². The van der Waals surface area contributed by atoms with Crippen molar-refractivity contribution in [2.75, 3.05) is 13.2 Å². The molecule has 0 aliphatic heterocycles. The summed E-state index contributed by atoms with van der Waals surface area (Å²) in [6.07, 6.45) is 1.76. The van der Waals surface area contributed by atoms with E-state index in [2.05, 4.69) is 15.6 Å². The second kappa shape index (κ2) is 12.1. The van der Waals surface area contributed by atoms with Crippen LogP contribution in [0.4, 0.5) is 0 Å². The summed E-state index contributed by atoms with van der Waals surface area (Å²) in [5.74, 6) is -4.02. The summed E-state index contributed by atoms with van der Waals surface area (Å²) in [6.45, 7) is 1.80. The Bertz CT molecular complexity index is 1020. The molecule has 2 rings (SSSR count). The standard InChI is InChI=1S/C22H31N5O7/c1-11(2)18(23)21(32)25-15(7-12-8-24-14-6-4-3-5-13(12)14)19(30)26-16(9-28)20(31)27-17(10-29)22(33)34/h3-6,8,11,15-18,24,28-29H,7,9-10,23H2,1-2H3,(H,25,32)(H,26,30)(H,27,31)(H,33,34). The maximum absolute atomic E-state index is 13.1. The molecule has 0 radical (unpaired) electrons. The van der Waals surface area contributed by atoms with Crippen molar-refractivity contribution in [2.45, 2.75) is 44.4 Å². The maximum Gasteiger partial charge on any atom is 0.328 e. The Morgan fingerprint density at radius 3 is 2.06 bits per heavy atom. The first-order chi connectivity index (χ1) is 16.1. The van der Waals surface area contributed by atoms with Crippen molar-refractivity contribution in [1.82, 2.24) is 20.9 Å². The lowest BCUT2D eigenvalue weighted by Gasteiger charge is -2.24. The molecular formula is C22H31N5O7. The van der Waals surface area contributed by atoms with Crippen molar-refractivity contribution in [3.63, 3.8) is 0 Å². The smallest absolute Gasteiger partial charge is 0.328 e. The Balaban J connectivity index is 2.24. The summed E-state index contributed by atoms with van der Waals surface area (Å²) in [6, 6.07) is 2.23. The number of carbonyl (C=O) groups is 4. The van der Waals surface area contributed by atoms with Gasteiger partial charge in [0.2, 0.25) is 17.7 Å². The number of aliphatic hydroxyl groups is 2. The predicted octanol–water partition coefficient (Wildman–Crippen LogP) is -1.78. The predicted molar refractivity (Wildman–Crippen MR) is 122 cm³/mol. The second-order valence-electron chi connectivity index (χ2n) is 8.22. The van der Waals surface area contributed by atoms with Crippen LogP contribution in [0.5, 0.6) is 0 Å². The van der Waals surface area contributed by atoms with Crippen LogP contribution >= 0.6 is 0 Å². The Morgan fingerprint density at radius 2 is 1.47 bits per heavy atom. The Morgan fingerprint density at radius 1 is 0.912 bits per heavy atom. The van der Waals surface area contributed by atoms with E-state index in [1.807, 2.05) is 29.6 Å². The summed E-state index contributed by atoms with van der Waals surface area (Å²) in [7, 11) is 0. The van der Waals surface area contributed by atoms with Gasteiger partial charge in [-0.05, 0) is 17.5 Å². The van der Waals surface area contributed by atoms with Crippen molar-refractivity contribution in [2.24, 2.45) is 11.7 Å². The third-order valence-corrected chi connectivity index (χ3v) is 5.37. The van der Waals surface area contributed by atoms with E-state index >= 15 is 0 Å². The molecule has 9 N–H and O–H groups in total. The molecule has 1 aromatic carbocycles.